The van der Waals surface area contributed by atoms with E-state index in [4.69, 9.17) is 5.73 Å². The third kappa shape index (κ3) is 3.16. The summed E-state index contributed by atoms with van der Waals surface area (Å²) in [4.78, 5) is 3.80. The fourth-order valence-electron chi connectivity index (χ4n) is 1.13. The van der Waals surface area contributed by atoms with Gasteiger partial charge in [0.25, 0.3) is 0 Å². The zero-order chi connectivity index (χ0) is 10.6. The van der Waals surface area contributed by atoms with Gasteiger partial charge >= 0.3 is 0 Å². The Labute approximate surface area is 81.3 Å². The van der Waals surface area contributed by atoms with Crippen LogP contribution < -0.4 is 11.1 Å². The molecule has 0 bridgehead atoms. The molecule has 1 heterocycles. The second-order valence-electron chi connectivity index (χ2n) is 3.14. The lowest BCUT2D eigenvalue weighted by molar-refractivity contribution is 0.133. The zero-order valence-corrected chi connectivity index (χ0v) is 7.87. The Balaban J connectivity index is 2.56. The maximum Gasteiger partial charge on any atom is 0.240 e. The van der Waals surface area contributed by atoms with Gasteiger partial charge in [0.1, 0.15) is 0 Å². The van der Waals surface area contributed by atoms with Gasteiger partial charge in [0.15, 0.2) is 0 Å². The molecule has 14 heavy (non-hydrogen) atoms. The number of nitrogen functional groups attached to an aromatic ring is 1. The van der Waals surface area contributed by atoms with E-state index in [1.165, 1.54) is 6.20 Å². The normalized spacial score (nSPS) is 12.9. The molecule has 3 N–H and O–H groups in total. The summed E-state index contributed by atoms with van der Waals surface area (Å²) in [5.74, 6) is 0. The summed E-state index contributed by atoms with van der Waals surface area (Å²) in [7, 11) is 0. The van der Waals surface area contributed by atoms with Gasteiger partial charge in [-0.3, -0.25) is 4.98 Å². The Morgan fingerprint density at radius 1 is 1.57 bits per heavy atom. The summed E-state index contributed by atoms with van der Waals surface area (Å²) in [6, 6.07) is 1.36. The minimum atomic E-state index is -2.31. The lowest BCUT2D eigenvalue weighted by Crippen LogP contribution is -2.19. The zero-order valence-electron chi connectivity index (χ0n) is 7.87. The molecule has 5 heteroatoms. The molecule has 1 atom stereocenters. The highest BCUT2D eigenvalue weighted by Crippen LogP contribution is 2.18. The Morgan fingerprint density at radius 3 is 2.86 bits per heavy atom. The van der Waals surface area contributed by atoms with Crippen LogP contribution in [-0.2, 0) is 0 Å². The highest BCUT2D eigenvalue weighted by atomic mass is 19.3. The SMILES string of the molecule is CC(CC(F)F)Nc1ccncc1N. The minimum absolute atomic E-state index is 0.193. The van der Waals surface area contributed by atoms with Crippen LogP contribution in [0.2, 0.25) is 0 Å². The van der Waals surface area contributed by atoms with Crippen molar-refractivity contribution in [2.75, 3.05) is 11.1 Å². The maximum absolute atomic E-state index is 12.0. The number of alkyl halides is 2. The number of pyridine rings is 1. The van der Waals surface area contributed by atoms with E-state index in [2.05, 4.69) is 10.3 Å². The number of rotatable bonds is 4. The summed E-state index contributed by atoms with van der Waals surface area (Å²) in [5, 5.41) is 2.90. The van der Waals surface area contributed by atoms with E-state index < -0.39 is 6.43 Å². The molecular formula is C9H13F2N3. The predicted octanol–water partition coefficient (Wildman–Crippen LogP) is 2.12. The minimum Gasteiger partial charge on any atom is -0.396 e. The summed E-state index contributed by atoms with van der Waals surface area (Å²) in [5.41, 5.74) is 6.70. The lowest BCUT2D eigenvalue weighted by atomic mass is 10.2. The smallest absolute Gasteiger partial charge is 0.240 e. The van der Waals surface area contributed by atoms with Crippen LogP contribution in [0.3, 0.4) is 0 Å². The number of anilines is 2. The standard InChI is InChI=1S/C9H13F2N3/c1-6(4-9(10)11)14-8-2-3-13-5-7(8)12/h2-3,5-6,9H,4,12H2,1H3,(H,13,14). The lowest BCUT2D eigenvalue weighted by Gasteiger charge is -2.15. The van der Waals surface area contributed by atoms with Gasteiger partial charge in [-0.1, -0.05) is 0 Å². The van der Waals surface area contributed by atoms with Gasteiger partial charge < -0.3 is 11.1 Å². The van der Waals surface area contributed by atoms with Crippen molar-refractivity contribution in [2.24, 2.45) is 0 Å². The van der Waals surface area contributed by atoms with Crippen molar-refractivity contribution in [1.29, 1.82) is 0 Å². The van der Waals surface area contributed by atoms with Gasteiger partial charge in [-0.2, -0.15) is 0 Å². The number of nitrogens with zero attached hydrogens (tertiary/aromatic N) is 1. The first kappa shape index (κ1) is 10.7. The van der Waals surface area contributed by atoms with E-state index in [0.29, 0.717) is 11.4 Å². The fraction of sp³-hybridized carbons (Fsp3) is 0.444. The van der Waals surface area contributed by atoms with Gasteiger partial charge in [-0.25, -0.2) is 8.78 Å². The Morgan fingerprint density at radius 2 is 2.29 bits per heavy atom. The molecule has 1 aromatic rings. The molecule has 3 nitrogen and oxygen atoms in total. The number of aromatic nitrogens is 1. The second kappa shape index (κ2) is 4.74. The molecule has 0 aliphatic carbocycles. The number of halogens is 2. The van der Waals surface area contributed by atoms with Crippen LogP contribution in [0.25, 0.3) is 0 Å². The Hall–Kier alpha value is -1.39. The molecule has 0 amide bonds. The van der Waals surface area contributed by atoms with Gasteiger partial charge in [-0.15, -0.1) is 0 Å². The van der Waals surface area contributed by atoms with E-state index in [0.717, 1.165) is 0 Å². The molecule has 0 aliphatic heterocycles. The number of hydrogen-bond donors (Lipinski definition) is 2. The van der Waals surface area contributed by atoms with Crippen LogP contribution in [0, 0.1) is 0 Å². The van der Waals surface area contributed by atoms with Crippen LogP contribution in [0.5, 0.6) is 0 Å². The predicted molar refractivity (Wildman–Crippen MR) is 52.4 cm³/mol. The number of nitrogens with one attached hydrogen (secondary N) is 1. The van der Waals surface area contributed by atoms with E-state index in [-0.39, 0.29) is 12.5 Å². The molecule has 0 saturated heterocycles. The molecule has 0 radical (unpaired) electrons. The first-order chi connectivity index (χ1) is 6.59. The molecule has 0 spiro atoms. The monoisotopic (exact) mass is 201 g/mol. The van der Waals surface area contributed by atoms with Gasteiger partial charge in [0, 0.05) is 18.7 Å². The molecule has 78 valence electrons. The van der Waals surface area contributed by atoms with E-state index in [9.17, 15) is 8.78 Å². The average Bonchev–Trinajstić information content (AvgIpc) is 2.07. The van der Waals surface area contributed by atoms with Gasteiger partial charge in [0.05, 0.1) is 17.6 Å². The first-order valence-corrected chi connectivity index (χ1v) is 4.33. The quantitative estimate of drug-likeness (QED) is 0.784. The molecule has 1 rings (SSSR count). The molecule has 1 aromatic heterocycles. The van der Waals surface area contributed by atoms with Crippen LogP contribution >= 0.6 is 0 Å². The Bertz CT molecular complexity index is 291. The molecule has 0 aromatic carbocycles. The summed E-state index contributed by atoms with van der Waals surface area (Å²) in [6.45, 7) is 1.69. The molecular weight excluding hydrogens is 188 g/mol. The Kier molecular flexibility index (Phi) is 3.62. The van der Waals surface area contributed by atoms with Crippen molar-refractivity contribution in [3.8, 4) is 0 Å². The second-order valence-corrected chi connectivity index (χ2v) is 3.14. The van der Waals surface area contributed by atoms with Crippen LogP contribution in [-0.4, -0.2) is 17.5 Å². The highest BCUT2D eigenvalue weighted by molar-refractivity contribution is 5.64. The van der Waals surface area contributed by atoms with Crippen molar-refractivity contribution in [1.82, 2.24) is 4.98 Å². The van der Waals surface area contributed by atoms with Crippen molar-refractivity contribution >= 4 is 11.4 Å². The molecule has 0 saturated carbocycles. The van der Waals surface area contributed by atoms with E-state index in [1.807, 2.05) is 0 Å². The van der Waals surface area contributed by atoms with Crippen molar-refractivity contribution in [3.63, 3.8) is 0 Å². The number of nitrogens with two attached hydrogens (primary N) is 1. The van der Waals surface area contributed by atoms with Crippen LogP contribution in [0.15, 0.2) is 18.5 Å². The van der Waals surface area contributed by atoms with Crippen LogP contribution in [0.4, 0.5) is 20.2 Å². The third-order valence-corrected chi connectivity index (χ3v) is 1.79. The summed E-state index contributed by atoms with van der Waals surface area (Å²) < 4.78 is 24.0. The first-order valence-electron chi connectivity index (χ1n) is 4.33. The fourth-order valence-corrected chi connectivity index (χ4v) is 1.13. The molecule has 1 unspecified atom stereocenters. The topological polar surface area (TPSA) is 50.9 Å². The highest BCUT2D eigenvalue weighted by Gasteiger charge is 2.10. The average molecular weight is 201 g/mol. The van der Waals surface area contributed by atoms with Gasteiger partial charge in [-0.05, 0) is 13.0 Å². The van der Waals surface area contributed by atoms with E-state index >= 15 is 0 Å². The number of hydrogen-bond acceptors (Lipinski definition) is 3. The summed E-state index contributed by atoms with van der Waals surface area (Å²) >= 11 is 0. The third-order valence-electron chi connectivity index (χ3n) is 1.79. The summed E-state index contributed by atoms with van der Waals surface area (Å²) in [6.07, 6.45) is 0.549. The molecule has 0 aliphatic rings. The molecule has 0 fully saturated rings. The maximum atomic E-state index is 12.0. The van der Waals surface area contributed by atoms with Gasteiger partial charge in [0.2, 0.25) is 6.43 Å². The van der Waals surface area contributed by atoms with Crippen molar-refractivity contribution in [2.45, 2.75) is 25.8 Å². The van der Waals surface area contributed by atoms with Crippen molar-refractivity contribution < 1.29 is 8.78 Å². The largest absolute Gasteiger partial charge is 0.396 e. The van der Waals surface area contributed by atoms with Crippen molar-refractivity contribution in [3.05, 3.63) is 18.5 Å². The van der Waals surface area contributed by atoms with E-state index in [1.54, 1.807) is 19.2 Å². The van der Waals surface area contributed by atoms with Crippen LogP contribution in [0.1, 0.15) is 13.3 Å².